The first-order chi connectivity index (χ1) is 9.28. The second-order valence-corrected chi connectivity index (χ2v) is 5.74. The van der Waals surface area contributed by atoms with Gasteiger partial charge in [0, 0.05) is 12.6 Å². The molecule has 1 aliphatic heterocycles. The molecule has 2 unspecified atom stereocenters. The fourth-order valence-electron chi connectivity index (χ4n) is 2.78. The average Bonchev–Trinajstić information content (AvgIpc) is 2.46. The van der Waals surface area contributed by atoms with Crippen LogP contribution in [-0.2, 0) is 11.2 Å². The third-order valence-corrected chi connectivity index (χ3v) is 4.12. The maximum atomic E-state index is 5.81. The number of likely N-dealkylation sites (N-methyl/N-ethyl adjacent to an activating group) is 1. The Kier molecular flexibility index (Phi) is 5.87. The second kappa shape index (κ2) is 7.66. The van der Waals surface area contributed by atoms with Crippen LogP contribution in [0, 0.1) is 6.92 Å². The van der Waals surface area contributed by atoms with Gasteiger partial charge in [0.15, 0.2) is 0 Å². The number of nitrogens with one attached hydrogen (secondary N) is 1. The minimum Gasteiger partial charge on any atom is -0.378 e. The van der Waals surface area contributed by atoms with Crippen molar-refractivity contribution in [3.05, 3.63) is 35.4 Å². The van der Waals surface area contributed by atoms with E-state index in [4.69, 9.17) is 4.74 Å². The molecule has 0 bridgehead atoms. The third kappa shape index (κ3) is 4.96. The SMILES string of the molecule is CNC(CCC1CCCCO1)Cc1ccc(C)cc1. The van der Waals surface area contributed by atoms with Crippen LogP contribution in [0.5, 0.6) is 0 Å². The summed E-state index contributed by atoms with van der Waals surface area (Å²) in [6.07, 6.45) is 7.85. The zero-order valence-corrected chi connectivity index (χ0v) is 12.3. The summed E-state index contributed by atoms with van der Waals surface area (Å²) in [5.41, 5.74) is 2.76. The predicted octanol–water partition coefficient (Wildman–Crippen LogP) is 3.47. The van der Waals surface area contributed by atoms with Crippen LogP contribution in [-0.4, -0.2) is 25.8 Å². The van der Waals surface area contributed by atoms with Crippen molar-refractivity contribution in [2.45, 2.75) is 57.6 Å². The van der Waals surface area contributed by atoms with E-state index in [0.717, 1.165) is 13.0 Å². The molecule has 1 aliphatic rings. The first kappa shape index (κ1) is 14.5. The van der Waals surface area contributed by atoms with Gasteiger partial charge in [-0.05, 0) is 58.1 Å². The molecule has 1 heterocycles. The number of rotatable bonds is 6. The molecule has 2 atom stereocenters. The zero-order chi connectivity index (χ0) is 13.5. The molecular weight excluding hydrogens is 234 g/mol. The van der Waals surface area contributed by atoms with Crippen molar-refractivity contribution in [2.75, 3.05) is 13.7 Å². The van der Waals surface area contributed by atoms with E-state index in [1.165, 1.54) is 43.2 Å². The van der Waals surface area contributed by atoms with Gasteiger partial charge in [-0.25, -0.2) is 0 Å². The fraction of sp³-hybridized carbons (Fsp3) is 0.647. The molecule has 0 radical (unpaired) electrons. The Morgan fingerprint density at radius 2 is 2.05 bits per heavy atom. The van der Waals surface area contributed by atoms with Crippen molar-refractivity contribution in [2.24, 2.45) is 0 Å². The van der Waals surface area contributed by atoms with Crippen molar-refractivity contribution in [3.63, 3.8) is 0 Å². The van der Waals surface area contributed by atoms with Gasteiger partial charge in [-0.1, -0.05) is 29.8 Å². The molecule has 2 rings (SSSR count). The van der Waals surface area contributed by atoms with Gasteiger partial charge in [0.05, 0.1) is 6.10 Å². The summed E-state index contributed by atoms with van der Waals surface area (Å²) in [6, 6.07) is 9.46. The summed E-state index contributed by atoms with van der Waals surface area (Å²) in [7, 11) is 2.07. The van der Waals surface area contributed by atoms with Crippen LogP contribution in [0.4, 0.5) is 0 Å². The van der Waals surface area contributed by atoms with Crippen molar-refractivity contribution >= 4 is 0 Å². The molecule has 0 spiro atoms. The summed E-state index contributed by atoms with van der Waals surface area (Å²) in [5.74, 6) is 0. The minimum atomic E-state index is 0.502. The largest absolute Gasteiger partial charge is 0.378 e. The monoisotopic (exact) mass is 261 g/mol. The molecule has 2 heteroatoms. The molecule has 0 aliphatic carbocycles. The van der Waals surface area contributed by atoms with Gasteiger partial charge in [-0.3, -0.25) is 0 Å². The van der Waals surface area contributed by atoms with Crippen LogP contribution < -0.4 is 5.32 Å². The van der Waals surface area contributed by atoms with Gasteiger partial charge in [0.25, 0.3) is 0 Å². The first-order valence-corrected chi connectivity index (χ1v) is 7.62. The summed E-state index contributed by atoms with van der Waals surface area (Å²) >= 11 is 0. The predicted molar refractivity (Wildman–Crippen MR) is 80.6 cm³/mol. The molecule has 2 nitrogen and oxygen atoms in total. The van der Waals surface area contributed by atoms with Crippen molar-refractivity contribution in [3.8, 4) is 0 Å². The molecular formula is C17H27NO. The average molecular weight is 261 g/mol. The lowest BCUT2D eigenvalue weighted by molar-refractivity contribution is 0.00870. The molecule has 1 aromatic rings. The highest BCUT2D eigenvalue weighted by atomic mass is 16.5. The van der Waals surface area contributed by atoms with Gasteiger partial charge < -0.3 is 10.1 Å². The first-order valence-electron chi connectivity index (χ1n) is 7.62. The molecule has 0 aromatic heterocycles. The van der Waals surface area contributed by atoms with E-state index in [1.807, 2.05) is 0 Å². The lowest BCUT2D eigenvalue weighted by atomic mass is 9.97. The van der Waals surface area contributed by atoms with Crippen LogP contribution in [0.3, 0.4) is 0 Å². The van der Waals surface area contributed by atoms with Gasteiger partial charge in [-0.15, -0.1) is 0 Å². The Balaban J connectivity index is 1.77. The Hall–Kier alpha value is -0.860. The van der Waals surface area contributed by atoms with Gasteiger partial charge >= 0.3 is 0 Å². The zero-order valence-electron chi connectivity index (χ0n) is 12.3. The topological polar surface area (TPSA) is 21.3 Å². The standard InChI is InChI=1S/C17H27NO/c1-14-6-8-15(9-7-14)13-16(18-2)10-11-17-5-3-4-12-19-17/h6-9,16-18H,3-5,10-13H2,1-2H3. The molecule has 0 amide bonds. The summed E-state index contributed by atoms with van der Waals surface area (Å²) in [5, 5.41) is 3.45. The normalized spacial score (nSPS) is 21.3. The molecule has 19 heavy (non-hydrogen) atoms. The molecule has 1 aromatic carbocycles. The summed E-state index contributed by atoms with van der Waals surface area (Å²) < 4.78 is 5.81. The number of benzene rings is 1. The van der Waals surface area contributed by atoms with Crippen LogP contribution >= 0.6 is 0 Å². The molecule has 1 N–H and O–H groups in total. The number of ether oxygens (including phenoxy) is 1. The van der Waals surface area contributed by atoms with E-state index in [2.05, 4.69) is 43.6 Å². The van der Waals surface area contributed by atoms with Crippen molar-refractivity contribution < 1.29 is 4.74 Å². The minimum absolute atomic E-state index is 0.502. The van der Waals surface area contributed by atoms with E-state index >= 15 is 0 Å². The van der Waals surface area contributed by atoms with E-state index < -0.39 is 0 Å². The Morgan fingerprint density at radius 1 is 1.26 bits per heavy atom. The quantitative estimate of drug-likeness (QED) is 0.846. The van der Waals surface area contributed by atoms with Crippen LogP contribution in [0.1, 0.15) is 43.2 Å². The molecule has 1 fully saturated rings. The fourth-order valence-corrected chi connectivity index (χ4v) is 2.78. The van der Waals surface area contributed by atoms with E-state index in [1.54, 1.807) is 0 Å². The van der Waals surface area contributed by atoms with Gasteiger partial charge in [0.2, 0.25) is 0 Å². The highest BCUT2D eigenvalue weighted by molar-refractivity contribution is 5.22. The lowest BCUT2D eigenvalue weighted by Gasteiger charge is -2.25. The summed E-state index contributed by atoms with van der Waals surface area (Å²) in [4.78, 5) is 0. The summed E-state index contributed by atoms with van der Waals surface area (Å²) in [6.45, 7) is 3.10. The van der Waals surface area contributed by atoms with E-state index in [-0.39, 0.29) is 0 Å². The van der Waals surface area contributed by atoms with Crippen LogP contribution in [0.2, 0.25) is 0 Å². The molecule has 0 saturated carbocycles. The molecule has 106 valence electrons. The highest BCUT2D eigenvalue weighted by Gasteiger charge is 2.16. The van der Waals surface area contributed by atoms with Crippen molar-refractivity contribution in [1.29, 1.82) is 0 Å². The number of hydrogen-bond donors (Lipinski definition) is 1. The third-order valence-electron chi connectivity index (χ3n) is 4.12. The molecule has 1 saturated heterocycles. The Morgan fingerprint density at radius 3 is 2.68 bits per heavy atom. The highest BCUT2D eigenvalue weighted by Crippen LogP contribution is 2.19. The second-order valence-electron chi connectivity index (χ2n) is 5.74. The Labute approximate surface area is 117 Å². The maximum absolute atomic E-state index is 5.81. The lowest BCUT2D eigenvalue weighted by Crippen LogP contribution is -2.30. The van der Waals surface area contributed by atoms with Crippen molar-refractivity contribution in [1.82, 2.24) is 5.32 Å². The smallest absolute Gasteiger partial charge is 0.0575 e. The van der Waals surface area contributed by atoms with Gasteiger partial charge in [-0.2, -0.15) is 0 Å². The Bertz CT molecular complexity index is 354. The van der Waals surface area contributed by atoms with E-state index in [9.17, 15) is 0 Å². The van der Waals surface area contributed by atoms with Crippen LogP contribution in [0.25, 0.3) is 0 Å². The van der Waals surface area contributed by atoms with Gasteiger partial charge in [0.1, 0.15) is 0 Å². The van der Waals surface area contributed by atoms with E-state index in [0.29, 0.717) is 12.1 Å². The van der Waals surface area contributed by atoms with Crippen LogP contribution in [0.15, 0.2) is 24.3 Å². The maximum Gasteiger partial charge on any atom is 0.0575 e. The number of aryl methyl sites for hydroxylation is 1. The number of hydrogen-bond acceptors (Lipinski definition) is 2.